The van der Waals surface area contributed by atoms with E-state index in [-0.39, 0.29) is 5.82 Å². The molecule has 1 N–H and O–H groups in total. The summed E-state index contributed by atoms with van der Waals surface area (Å²) in [6, 6.07) is 3.21. The van der Waals surface area contributed by atoms with E-state index < -0.39 is 23.1 Å². The van der Waals surface area contributed by atoms with Gasteiger partial charge in [0.25, 0.3) is 5.91 Å². The van der Waals surface area contributed by atoms with Crippen LogP contribution < -0.4 is 5.32 Å². The van der Waals surface area contributed by atoms with Gasteiger partial charge < -0.3 is 10.2 Å². The average molecular weight is 383 g/mol. The topological polar surface area (TPSA) is 81.9 Å². The molecule has 0 saturated heterocycles. The van der Waals surface area contributed by atoms with Crippen LogP contribution in [0, 0.1) is 29.0 Å². The Hall–Kier alpha value is -3.34. The number of benzene rings is 1. The van der Waals surface area contributed by atoms with Crippen LogP contribution in [0.4, 0.5) is 14.6 Å². The second kappa shape index (κ2) is 8.13. The Balaban J connectivity index is 1.83. The van der Waals surface area contributed by atoms with Gasteiger partial charge in [-0.05, 0) is 30.0 Å². The fourth-order valence-corrected chi connectivity index (χ4v) is 3.19. The van der Waals surface area contributed by atoms with E-state index in [1.807, 2.05) is 0 Å². The zero-order valence-electron chi connectivity index (χ0n) is 15.5. The SMILES string of the molecule is CC(C)C1=C(c2cnc(NC(=O)c3c(F)cccc3F)cn2)CN(C#N)CC1. The summed E-state index contributed by atoms with van der Waals surface area (Å²) < 4.78 is 27.5. The Labute approximate surface area is 161 Å². The first-order valence-electron chi connectivity index (χ1n) is 8.85. The summed E-state index contributed by atoms with van der Waals surface area (Å²) in [6.07, 6.45) is 5.75. The van der Waals surface area contributed by atoms with Crippen molar-refractivity contribution in [3.8, 4) is 6.19 Å². The predicted molar refractivity (Wildman–Crippen MR) is 99.9 cm³/mol. The van der Waals surface area contributed by atoms with Gasteiger partial charge in [0.1, 0.15) is 17.2 Å². The number of amides is 1. The Morgan fingerprint density at radius 3 is 2.54 bits per heavy atom. The van der Waals surface area contributed by atoms with E-state index in [9.17, 15) is 18.8 Å². The second-order valence-electron chi connectivity index (χ2n) is 6.77. The summed E-state index contributed by atoms with van der Waals surface area (Å²) in [5, 5.41) is 11.5. The third kappa shape index (κ3) is 3.98. The number of aromatic nitrogens is 2. The number of hydrogen-bond acceptors (Lipinski definition) is 5. The number of carbonyl (C=O) groups excluding carboxylic acids is 1. The van der Waals surface area contributed by atoms with Crippen LogP contribution in [0.2, 0.25) is 0 Å². The number of rotatable bonds is 4. The molecule has 0 saturated carbocycles. The first-order valence-corrected chi connectivity index (χ1v) is 8.85. The van der Waals surface area contributed by atoms with Crippen molar-refractivity contribution < 1.29 is 13.6 Å². The summed E-state index contributed by atoms with van der Waals surface area (Å²) >= 11 is 0. The van der Waals surface area contributed by atoms with Gasteiger partial charge >= 0.3 is 0 Å². The molecule has 1 aliphatic rings. The van der Waals surface area contributed by atoms with Crippen molar-refractivity contribution in [3.05, 3.63) is 59.1 Å². The van der Waals surface area contributed by atoms with Crippen molar-refractivity contribution in [2.75, 3.05) is 18.4 Å². The van der Waals surface area contributed by atoms with E-state index in [2.05, 4.69) is 35.3 Å². The first kappa shape index (κ1) is 19.4. The minimum atomic E-state index is -0.951. The number of carbonyl (C=O) groups is 1. The van der Waals surface area contributed by atoms with Gasteiger partial charge in [-0.1, -0.05) is 25.5 Å². The number of nitriles is 1. The molecule has 8 heteroatoms. The normalized spacial score (nSPS) is 14.2. The molecule has 0 spiro atoms. The Kier molecular flexibility index (Phi) is 5.64. The van der Waals surface area contributed by atoms with Gasteiger partial charge in [-0.15, -0.1) is 0 Å². The highest BCUT2D eigenvalue weighted by molar-refractivity contribution is 6.04. The molecule has 2 aromatic rings. The molecule has 1 amide bonds. The van der Waals surface area contributed by atoms with Crippen LogP contribution in [0.3, 0.4) is 0 Å². The lowest BCUT2D eigenvalue weighted by Gasteiger charge is -2.28. The van der Waals surface area contributed by atoms with Crippen LogP contribution in [0.25, 0.3) is 5.57 Å². The third-order valence-electron chi connectivity index (χ3n) is 4.62. The molecule has 0 bridgehead atoms. The van der Waals surface area contributed by atoms with E-state index in [0.717, 1.165) is 24.1 Å². The molecule has 2 heterocycles. The van der Waals surface area contributed by atoms with Gasteiger partial charge in [0, 0.05) is 6.54 Å². The Bertz CT molecular complexity index is 943. The first-order chi connectivity index (χ1) is 13.4. The maximum absolute atomic E-state index is 13.7. The van der Waals surface area contributed by atoms with Crippen molar-refractivity contribution in [1.29, 1.82) is 5.26 Å². The lowest BCUT2D eigenvalue weighted by Crippen LogP contribution is -2.28. The van der Waals surface area contributed by atoms with Gasteiger partial charge in [0.2, 0.25) is 0 Å². The van der Waals surface area contributed by atoms with E-state index in [1.54, 1.807) is 4.90 Å². The molecule has 3 rings (SSSR count). The predicted octanol–water partition coefficient (Wildman–Crippen LogP) is 3.60. The van der Waals surface area contributed by atoms with Gasteiger partial charge in [-0.25, -0.2) is 13.8 Å². The number of nitrogens with one attached hydrogen (secondary N) is 1. The summed E-state index contributed by atoms with van der Waals surface area (Å²) in [4.78, 5) is 22.3. The fraction of sp³-hybridized carbons (Fsp3) is 0.300. The molecule has 0 fully saturated rings. The molecule has 28 heavy (non-hydrogen) atoms. The number of anilines is 1. The lowest BCUT2D eigenvalue weighted by atomic mass is 9.90. The Morgan fingerprint density at radius 1 is 1.25 bits per heavy atom. The molecule has 0 radical (unpaired) electrons. The highest BCUT2D eigenvalue weighted by Gasteiger charge is 2.23. The highest BCUT2D eigenvalue weighted by Crippen LogP contribution is 2.30. The zero-order valence-corrected chi connectivity index (χ0v) is 15.5. The van der Waals surface area contributed by atoms with Gasteiger partial charge in [-0.3, -0.25) is 9.78 Å². The quantitative estimate of drug-likeness (QED) is 0.816. The molecule has 1 aliphatic heterocycles. The summed E-state index contributed by atoms with van der Waals surface area (Å²) in [5.74, 6) is -2.45. The van der Waals surface area contributed by atoms with Crippen LogP contribution in [0.1, 0.15) is 36.3 Å². The maximum Gasteiger partial charge on any atom is 0.262 e. The van der Waals surface area contributed by atoms with E-state index in [4.69, 9.17) is 0 Å². The molecule has 1 aromatic carbocycles. The molecular formula is C20H19F2N5O. The molecule has 0 atom stereocenters. The van der Waals surface area contributed by atoms with Gasteiger partial charge in [0.15, 0.2) is 12.0 Å². The zero-order chi connectivity index (χ0) is 20.3. The van der Waals surface area contributed by atoms with E-state index >= 15 is 0 Å². The van der Waals surface area contributed by atoms with E-state index in [1.165, 1.54) is 24.0 Å². The van der Waals surface area contributed by atoms with Crippen molar-refractivity contribution in [2.45, 2.75) is 20.3 Å². The molecule has 144 valence electrons. The average Bonchev–Trinajstić information content (AvgIpc) is 2.68. The molecule has 0 unspecified atom stereocenters. The van der Waals surface area contributed by atoms with Crippen molar-refractivity contribution >= 4 is 17.3 Å². The van der Waals surface area contributed by atoms with Crippen LogP contribution >= 0.6 is 0 Å². The highest BCUT2D eigenvalue weighted by atomic mass is 19.1. The van der Waals surface area contributed by atoms with Crippen LogP contribution in [-0.4, -0.2) is 33.9 Å². The Morgan fingerprint density at radius 2 is 1.96 bits per heavy atom. The fourth-order valence-electron chi connectivity index (χ4n) is 3.19. The summed E-state index contributed by atoms with van der Waals surface area (Å²) in [6.45, 7) is 5.29. The monoisotopic (exact) mass is 383 g/mol. The molecule has 0 aliphatic carbocycles. The second-order valence-corrected chi connectivity index (χ2v) is 6.77. The molecule has 1 aromatic heterocycles. The smallest absolute Gasteiger partial charge is 0.262 e. The maximum atomic E-state index is 13.7. The largest absolute Gasteiger partial charge is 0.306 e. The lowest BCUT2D eigenvalue weighted by molar-refractivity contribution is 0.101. The van der Waals surface area contributed by atoms with Crippen LogP contribution in [-0.2, 0) is 0 Å². The van der Waals surface area contributed by atoms with Crippen LogP contribution in [0.15, 0.2) is 36.2 Å². The van der Waals surface area contributed by atoms with Crippen molar-refractivity contribution in [3.63, 3.8) is 0 Å². The van der Waals surface area contributed by atoms with Crippen molar-refractivity contribution in [1.82, 2.24) is 14.9 Å². The molecular weight excluding hydrogens is 364 g/mol. The number of hydrogen-bond donors (Lipinski definition) is 1. The van der Waals surface area contributed by atoms with Crippen molar-refractivity contribution in [2.24, 2.45) is 5.92 Å². The van der Waals surface area contributed by atoms with Crippen LogP contribution in [0.5, 0.6) is 0 Å². The minimum absolute atomic E-state index is 0.0797. The third-order valence-corrected chi connectivity index (χ3v) is 4.62. The minimum Gasteiger partial charge on any atom is -0.306 e. The number of nitrogens with zero attached hydrogens (tertiary/aromatic N) is 4. The standard InChI is InChI=1S/C20H19F2N5O/c1-12(2)13-6-7-27(11-23)10-14(13)17-8-25-18(9-24-17)26-20(28)19-15(21)4-3-5-16(19)22/h3-5,8-9,12H,6-7,10H2,1-2H3,(H,25,26,28). The van der Waals surface area contributed by atoms with E-state index in [0.29, 0.717) is 24.7 Å². The van der Waals surface area contributed by atoms with Gasteiger partial charge in [0.05, 0.1) is 24.6 Å². The number of halogens is 2. The molecule has 6 nitrogen and oxygen atoms in total. The van der Waals surface area contributed by atoms with Gasteiger partial charge in [-0.2, -0.15) is 5.26 Å². The summed E-state index contributed by atoms with van der Waals surface area (Å²) in [5.41, 5.74) is 2.09. The summed E-state index contributed by atoms with van der Waals surface area (Å²) in [7, 11) is 0.